The number of amides is 1. The van der Waals surface area contributed by atoms with Crippen molar-refractivity contribution in [3.63, 3.8) is 0 Å². The number of aliphatic hydroxyl groups excluding tert-OH is 1. The van der Waals surface area contributed by atoms with Gasteiger partial charge in [-0.15, -0.1) is 0 Å². The van der Waals surface area contributed by atoms with Gasteiger partial charge in [0.25, 0.3) is 0 Å². The number of carbonyl (C=O) groups excluding carboxylic acids is 1. The van der Waals surface area contributed by atoms with Crippen LogP contribution in [0.2, 0.25) is 0 Å². The van der Waals surface area contributed by atoms with Crippen LogP contribution in [0, 0.1) is 0 Å². The molecule has 0 rings (SSSR count). The maximum atomic E-state index is 10.5. The molecule has 12 heavy (non-hydrogen) atoms. The van der Waals surface area contributed by atoms with E-state index in [0.29, 0.717) is 12.8 Å². The Bertz CT molecular complexity index is 131. The van der Waals surface area contributed by atoms with Gasteiger partial charge in [-0.2, -0.15) is 0 Å². The SMILES string of the molecule is CO[C@@H](CCCO)OC(=O)NN. The average Bonchev–Trinajstić information content (AvgIpc) is 2.11. The second-order valence-corrected chi connectivity index (χ2v) is 2.08. The first kappa shape index (κ1) is 11.2. The maximum absolute atomic E-state index is 10.5. The number of carbonyl (C=O) groups is 1. The van der Waals surface area contributed by atoms with E-state index in [2.05, 4.69) is 4.74 Å². The van der Waals surface area contributed by atoms with Crippen molar-refractivity contribution in [2.24, 2.45) is 5.84 Å². The molecule has 4 N–H and O–H groups in total. The summed E-state index contributed by atoms with van der Waals surface area (Å²) in [6.07, 6.45) is -0.447. The first-order chi connectivity index (χ1) is 5.74. The van der Waals surface area contributed by atoms with Crippen LogP contribution in [-0.2, 0) is 9.47 Å². The highest BCUT2D eigenvalue weighted by Gasteiger charge is 2.11. The van der Waals surface area contributed by atoms with E-state index in [9.17, 15) is 4.79 Å². The Balaban J connectivity index is 3.59. The topological polar surface area (TPSA) is 93.8 Å². The average molecular weight is 178 g/mol. The van der Waals surface area contributed by atoms with Crippen molar-refractivity contribution in [2.75, 3.05) is 13.7 Å². The predicted molar refractivity (Wildman–Crippen MR) is 40.9 cm³/mol. The van der Waals surface area contributed by atoms with Crippen LogP contribution < -0.4 is 11.3 Å². The van der Waals surface area contributed by atoms with Crippen molar-refractivity contribution in [2.45, 2.75) is 19.1 Å². The Morgan fingerprint density at radius 1 is 1.75 bits per heavy atom. The molecule has 0 unspecified atom stereocenters. The lowest BCUT2D eigenvalue weighted by Crippen LogP contribution is -2.34. The van der Waals surface area contributed by atoms with Gasteiger partial charge < -0.3 is 14.6 Å². The molecule has 0 saturated heterocycles. The minimum absolute atomic E-state index is 0.0352. The number of methoxy groups -OCH3 is 1. The first-order valence-electron chi connectivity index (χ1n) is 3.55. The van der Waals surface area contributed by atoms with Gasteiger partial charge in [-0.3, -0.25) is 5.43 Å². The van der Waals surface area contributed by atoms with E-state index in [1.54, 1.807) is 5.43 Å². The summed E-state index contributed by atoms with van der Waals surface area (Å²) in [6, 6.07) is 0. The Labute approximate surface area is 70.6 Å². The zero-order chi connectivity index (χ0) is 9.40. The second kappa shape index (κ2) is 6.84. The molecule has 6 heteroatoms. The van der Waals surface area contributed by atoms with E-state index in [1.807, 2.05) is 0 Å². The van der Waals surface area contributed by atoms with Crippen molar-refractivity contribution in [3.05, 3.63) is 0 Å². The highest BCUT2D eigenvalue weighted by Crippen LogP contribution is 2.02. The Morgan fingerprint density at radius 3 is 2.83 bits per heavy atom. The van der Waals surface area contributed by atoms with Gasteiger partial charge in [-0.1, -0.05) is 0 Å². The van der Waals surface area contributed by atoms with Crippen LogP contribution in [0.25, 0.3) is 0 Å². The van der Waals surface area contributed by atoms with E-state index in [0.717, 1.165) is 0 Å². The molecule has 0 aliphatic carbocycles. The number of aliphatic hydroxyl groups is 1. The summed E-state index contributed by atoms with van der Waals surface area (Å²) in [5.41, 5.74) is 1.80. The Hall–Kier alpha value is -0.850. The molecule has 0 aromatic heterocycles. The van der Waals surface area contributed by atoms with E-state index >= 15 is 0 Å². The molecule has 1 atom stereocenters. The highest BCUT2D eigenvalue weighted by molar-refractivity contribution is 5.66. The molecular weight excluding hydrogens is 164 g/mol. The van der Waals surface area contributed by atoms with E-state index in [-0.39, 0.29) is 6.61 Å². The molecule has 0 aliphatic rings. The van der Waals surface area contributed by atoms with Gasteiger partial charge in [0.2, 0.25) is 6.29 Å². The molecule has 0 fully saturated rings. The van der Waals surface area contributed by atoms with Crippen molar-refractivity contribution >= 4 is 6.09 Å². The summed E-state index contributed by atoms with van der Waals surface area (Å²) in [7, 11) is 1.41. The van der Waals surface area contributed by atoms with Gasteiger partial charge >= 0.3 is 6.09 Å². The third-order valence-corrected chi connectivity index (χ3v) is 1.22. The summed E-state index contributed by atoms with van der Waals surface area (Å²) in [4.78, 5) is 10.5. The van der Waals surface area contributed by atoms with Crippen molar-refractivity contribution in [1.29, 1.82) is 0 Å². The third-order valence-electron chi connectivity index (χ3n) is 1.22. The number of nitrogens with one attached hydrogen (secondary N) is 1. The van der Waals surface area contributed by atoms with Gasteiger partial charge in [0.1, 0.15) is 0 Å². The number of hydrogen-bond donors (Lipinski definition) is 3. The Morgan fingerprint density at radius 2 is 2.42 bits per heavy atom. The van der Waals surface area contributed by atoms with Gasteiger partial charge in [0.05, 0.1) is 0 Å². The second-order valence-electron chi connectivity index (χ2n) is 2.08. The molecule has 0 aliphatic heterocycles. The normalized spacial score (nSPS) is 12.2. The fraction of sp³-hybridized carbons (Fsp3) is 0.833. The zero-order valence-corrected chi connectivity index (χ0v) is 6.95. The van der Waals surface area contributed by atoms with Crippen molar-refractivity contribution in [1.82, 2.24) is 5.43 Å². The number of ether oxygens (including phenoxy) is 2. The number of rotatable bonds is 5. The minimum Gasteiger partial charge on any atom is -0.419 e. The summed E-state index contributed by atoms with van der Waals surface area (Å²) in [5.74, 6) is 4.77. The fourth-order valence-corrected chi connectivity index (χ4v) is 0.636. The molecule has 0 heterocycles. The van der Waals surface area contributed by atoms with Crippen LogP contribution in [0.1, 0.15) is 12.8 Å². The zero-order valence-electron chi connectivity index (χ0n) is 6.95. The summed E-state index contributed by atoms with van der Waals surface area (Å²) in [6.45, 7) is 0.0352. The molecule has 6 nitrogen and oxygen atoms in total. The quantitative estimate of drug-likeness (QED) is 0.225. The standard InChI is InChI=1S/C6H14N2O4/c1-11-5(3-2-4-9)12-6(10)8-7/h5,9H,2-4,7H2,1H3,(H,8,10)/t5-/m1/s1. The minimum atomic E-state index is -0.750. The summed E-state index contributed by atoms with van der Waals surface area (Å²) < 4.78 is 9.42. The van der Waals surface area contributed by atoms with Gasteiger partial charge in [-0.25, -0.2) is 10.6 Å². The lowest BCUT2D eigenvalue weighted by molar-refractivity contribution is -0.0875. The molecule has 72 valence electrons. The van der Waals surface area contributed by atoms with Crippen LogP contribution in [0.4, 0.5) is 4.79 Å². The predicted octanol–water partition coefficient (Wildman–Crippen LogP) is -0.669. The van der Waals surface area contributed by atoms with Crippen LogP contribution >= 0.6 is 0 Å². The van der Waals surface area contributed by atoms with Crippen LogP contribution in [-0.4, -0.2) is 31.2 Å². The van der Waals surface area contributed by atoms with Crippen molar-refractivity contribution in [3.8, 4) is 0 Å². The van der Waals surface area contributed by atoms with Gasteiger partial charge in [0, 0.05) is 20.1 Å². The first-order valence-corrected chi connectivity index (χ1v) is 3.55. The number of nitrogens with two attached hydrogens (primary N) is 1. The third kappa shape index (κ3) is 4.89. The molecule has 0 saturated carbocycles. The highest BCUT2D eigenvalue weighted by atomic mass is 16.7. The van der Waals surface area contributed by atoms with Crippen LogP contribution in [0.5, 0.6) is 0 Å². The van der Waals surface area contributed by atoms with E-state index in [1.165, 1.54) is 7.11 Å². The van der Waals surface area contributed by atoms with Gasteiger partial charge in [0.15, 0.2) is 0 Å². The molecule has 1 amide bonds. The molecule has 0 aromatic rings. The number of hydrazine groups is 1. The maximum Gasteiger partial charge on any atom is 0.423 e. The molecule has 0 aromatic carbocycles. The molecule has 0 radical (unpaired) electrons. The molecular formula is C6H14N2O4. The fourth-order valence-electron chi connectivity index (χ4n) is 0.636. The van der Waals surface area contributed by atoms with E-state index in [4.69, 9.17) is 15.7 Å². The largest absolute Gasteiger partial charge is 0.423 e. The Kier molecular flexibility index (Phi) is 6.35. The smallest absolute Gasteiger partial charge is 0.419 e. The van der Waals surface area contributed by atoms with Crippen LogP contribution in [0.15, 0.2) is 0 Å². The van der Waals surface area contributed by atoms with Crippen molar-refractivity contribution < 1.29 is 19.4 Å². The summed E-state index contributed by atoms with van der Waals surface area (Å²) >= 11 is 0. The lowest BCUT2D eigenvalue weighted by Gasteiger charge is -2.14. The number of hydrogen-bond acceptors (Lipinski definition) is 5. The van der Waals surface area contributed by atoms with Crippen LogP contribution in [0.3, 0.4) is 0 Å². The van der Waals surface area contributed by atoms with Gasteiger partial charge in [-0.05, 0) is 6.42 Å². The van der Waals surface area contributed by atoms with E-state index < -0.39 is 12.4 Å². The monoisotopic (exact) mass is 178 g/mol. The molecule has 0 bridgehead atoms. The lowest BCUT2D eigenvalue weighted by atomic mass is 10.3. The molecule has 0 spiro atoms. The summed E-state index contributed by atoms with van der Waals surface area (Å²) in [5, 5.41) is 8.47.